The zero-order valence-corrected chi connectivity index (χ0v) is 21.0. The summed E-state index contributed by atoms with van der Waals surface area (Å²) in [5, 5.41) is 21.1. The fraction of sp³-hybridized carbons (Fsp3) is 0.290. The second-order valence-electron chi connectivity index (χ2n) is 10.9. The van der Waals surface area contributed by atoms with Gasteiger partial charge < -0.3 is 10.2 Å². The molecule has 0 heterocycles. The number of hydrogen-bond donors (Lipinski definition) is 2. The van der Waals surface area contributed by atoms with Crippen molar-refractivity contribution in [2.75, 3.05) is 0 Å². The molecule has 1 aliphatic carbocycles. The van der Waals surface area contributed by atoms with E-state index in [0.717, 1.165) is 29.9 Å². The van der Waals surface area contributed by atoms with Gasteiger partial charge in [0.2, 0.25) is 0 Å². The monoisotopic (exact) mass is 468 g/mol. The van der Waals surface area contributed by atoms with Gasteiger partial charge in [0.1, 0.15) is 0 Å². The summed E-state index contributed by atoms with van der Waals surface area (Å²) >= 11 is 0. The fourth-order valence-electron chi connectivity index (χ4n) is 5.09. The zero-order chi connectivity index (χ0) is 25.5. The maximum Gasteiger partial charge on any atom is 0.335 e. The van der Waals surface area contributed by atoms with Gasteiger partial charge in [-0.2, -0.15) is 0 Å². The van der Waals surface area contributed by atoms with Gasteiger partial charge in [-0.25, -0.2) is 9.59 Å². The van der Waals surface area contributed by atoms with E-state index in [1.807, 2.05) is 12.1 Å². The Balaban J connectivity index is 1.89. The standard InChI is InChI=1S/C31H32O4/c1-19(13-28(32)33)25(22-7-6-8-23(16-22)29(34)35)15-20-9-10-21-17-26-27(18-24(21)14-20)31(4,5)12-11-30(26,2)3/h6-10,13-18H,11-12H2,1-5H3,(H,32,33)(H,34,35)/b19-13-,25-15-. The summed E-state index contributed by atoms with van der Waals surface area (Å²) in [4.78, 5) is 22.9. The highest BCUT2D eigenvalue weighted by Gasteiger charge is 2.37. The molecule has 0 atom stereocenters. The first-order valence-corrected chi connectivity index (χ1v) is 11.9. The maximum absolute atomic E-state index is 11.5. The van der Waals surface area contributed by atoms with E-state index in [1.54, 1.807) is 25.1 Å². The number of hydrogen-bond acceptors (Lipinski definition) is 2. The van der Waals surface area contributed by atoms with Crippen LogP contribution in [0.2, 0.25) is 0 Å². The van der Waals surface area contributed by atoms with Crippen molar-refractivity contribution in [1.82, 2.24) is 0 Å². The molecule has 2 N–H and O–H groups in total. The van der Waals surface area contributed by atoms with E-state index in [2.05, 4.69) is 52.0 Å². The maximum atomic E-state index is 11.5. The summed E-state index contributed by atoms with van der Waals surface area (Å²) in [7, 11) is 0. The molecule has 180 valence electrons. The van der Waals surface area contributed by atoms with Crippen LogP contribution in [0.15, 0.2) is 66.2 Å². The predicted octanol–water partition coefficient (Wildman–Crippen LogP) is 7.46. The SMILES string of the molecule is CC(=C/C(=O)O)/C(=C/c1ccc2cc3c(cc2c1)C(C)(C)CCC3(C)C)c1cccc(C(=O)O)c1. The molecule has 0 aromatic heterocycles. The Morgan fingerprint density at radius 3 is 2.00 bits per heavy atom. The van der Waals surface area contributed by atoms with Crippen LogP contribution in [0.4, 0.5) is 0 Å². The predicted molar refractivity (Wildman–Crippen MR) is 142 cm³/mol. The molecule has 0 spiro atoms. The van der Waals surface area contributed by atoms with Crippen LogP contribution in [0.1, 0.15) is 80.1 Å². The number of fused-ring (bicyclic) bond motifs is 2. The number of allylic oxidation sites excluding steroid dienone is 2. The third-order valence-electron chi connectivity index (χ3n) is 7.33. The summed E-state index contributed by atoms with van der Waals surface area (Å²) < 4.78 is 0. The Morgan fingerprint density at radius 2 is 1.40 bits per heavy atom. The molecule has 0 fully saturated rings. The van der Waals surface area contributed by atoms with E-state index in [4.69, 9.17) is 0 Å². The Kier molecular flexibility index (Phi) is 6.18. The van der Waals surface area contributed by atoms with Crippen molar-refractivity contribution < 1.29 is 19.8 Å². The number of aliphatic carboxylic acids is 1. The van der Waals surface area contributed by atoms with E-state index in [0.29, 0.717) is 16.7 Å². The molecule has 4 nitrogen and oxygen atoms in total. The third kappa shape index (κ3) is 4.93. The lowest BCUT2D eigenvalue weighted by atomic mass is 9.63. The van der Waals surface area contributed by atoms with Crippen molar-refractivity contribution in [3.63, 3.8) is 0 Å². The molecule has 3 aromatic carbocycles. The van der Waals surface area contributed by atoms with Crippen LogP contribution >= 0.6 is 0 Å². The first-order chi connectivity index (χ1) is 16.4. The Hall–Kier alpha value is -3.66. The summed E-state index contributed by atoms with van der Waals surface area (Å²) in [5.41, 5.74) is 6.02. The van der Waals surface area contributed by atoms with Crippen molar-refractivity contribution in [3.05, 3.63) is 94.1 Å². The highest BCUT2D eigenvalue weighted by Crippen LogP contribution is 2.47. The van der Waals surface area contributed by atoms with E-state index < -0.39 is 11.9 Å². The smallest absolute Gasteiger partial charge is 0.335 e. The molecule has 0 unspecified atom stereocenters. The minimum Gasteiger partial charge on any atom is -0.478 e. The lowest BCUT2D eigenvalue weighted by molar-refractivity contribution is -0.131. The van der Waals surface area contributed by atoms with E-state index in [-0.39, 0.29) is 16.4 Å². The van der Waals surface area contributed by atoms with Gasteiger partial charge in [0.15, 0.2) is 0 Å². The molecule has 35 heavy (non-hydrogen) atoms. The molecule has 3 aromatic rings. The Labute approximate surface area is 206 Å². The van der Waals surface area contributed by atoms with Crippen LogP contribution in [-0.2, 0) is 15.6 Å². The lowest BCUT2D eigenvalue weighted by Gasteiger charge is -2.42. The molecule has 0 saturated carbocycles. The first kappa shape index (κ1) is 24.5. The van der Waals surface area contributed by atoms with Gasteiger partial charge in [-0.05, 0) is 99.0 Å². The summed E-state index contributed by atoms with van der Waals surface area (Å²) in [6.07, 6.45) is 5.39. The molecule has 0 saturated heterocycles. The van der Waals surface area contributed by atoms with Crippen molar-refractivity contribution in [2.24, 2.45) is 0 Å². The van der Waals surface area contributed by atoms with Crippen LogP contribution in [0.5, 0.6) is 0 Å². The highest BCUT2D eigenvalue weighted by molar-refractivity contribution is 5.98. The fourth-order valence-corrected chi connectivity index (χ4v) is 5.09. The first-order valence-electron chi connectivity index (χ1n) is 11.9. The number of carbonyl (C=O) groups is 2. The van der Waals surface area contributed by atoms with Crippen LogP contribution < -0.4 is 0 Å². The molecule has 0 bridgehead atoms. The molecular formula is C31H32O4. The van der Waals surface area contributed by atoms with Gasteiger partial charge in [0, 0.05) is 6.08 Å². The number of benzene rings is 3. The Morgan fingerprint density at radius 1 is 0.800 bits per heavy atom. The molecule has 4 rings (SSSR count). The van der Waals surface area contributed by atoms with Crippen molar-refractivity contribution in [3.8, 4) is 0 Å². The third-order valence-corrected chi connectivity index (χ3v) is 7.33. The van der Waals surface area contributed by atoms with E-state index >= 15 is 0 Å². The minimum atomic E-state index is -1.04. The summed E-state index contributed by atoms with van der Waals surface area (Å²) in [6, 6.07) is 17.5. The van der Waals surface area contributed by atoms with E-state index in [9.17, 15) is 19.8 Å². The van der Waals surface area contributed by atoms with Crippen LogP contribution in [0.25, 0.3) is 22.4 Å². The average Bonchev–Trinajstić information content (AvgIpc) is 2.79. The molecule has 1 aliphatic rings. The highest BCUT2D eigenvalue weighted by atomic mass is 16.4. The molecular weight excluding hydrogens is 436 g/mol. The van der Waals surface area contributed by atoms with Crippen molar-refractivity contribution in [1.29, 1.82) is 0 Å². The number of carboxylic acid groups (broad SMARTS) is 2. The zero-order valence-electron chi connectivity index (χ0n) is 21.0. The second kappa shape index (κ2) is 8.84. The number of carboxylic acids is 2. The Bertz CT molecular complexity index is 1400. The minimum absolute atomic E-state index is 0.105. The molecule has 0 aliphatic heterocycles. The molecule has 4 heteroatoms. The van der Waals surface area contributed by atoms with Crippen molar-refractivity contribution >= 4 is 34.4 Å². The largest absolute Gasteiger partial charge is 0.478 e. The van der Waals surface area contributed by atoms with Gasteiger partial charge >= 0.3 is 11.9 Å². The van der Waals surface area contributed by atoms with Gasteiger partial charge in [-0.1, -0.05) is 64.1 Å². The quantitative estimate of drug-likeness (QED) is 0.231. The van der Waals surface area contributed by atoms with Crippen LogP contribution in [0, 0.1) is 0 Å². The van der Waals surface area contributed by atoms with Gasteiger partial charge in [-0.3, -0.25) is 0 Å². The average molecular weight is 469 g/mol. The van der Waals surface area contributed by atoms with Gasteiger partial charge in [0.05, 0.1) is 5.56 Å². The topological polar surface area (TPSA) is 74.6 Å². The van der Waals surface area contributed by atoms with Crippen molar-refractivity contribution in [2.45, 2.75) is 58.3 Å². The summed E-state index contributed by atoms with van der Waals surface area (Å²) in [6.45, 7) is 11.0. The van der Waals surface area contributed by atoms with E-state index in [1.165, 1.54) is 22.6 Å². The lowest BCUT2D eigenvalue weighted by Crippen LogP contribution is -2.33. The number of aromatic carboxylic acids is 1. The van der Waals surface area contributed by atoms with Crippen LogP contribution in [-0.4, -0.2) is 22.2 Å². The molecule has 0 radical (unpaired) electrons. The van der Waals surface area contributed by atoms with Gasteiger partial charge in [-0.15, -0.1) is 0 Å². The van der Waals surface area contributed by atoms with Crippen LogP contribution in [0.3, 0.4) is 0 Å². The second-order valence-corrected chi connectivity index (χ2v) is 10.9. The van der Waals surface area contributed by atoms with Gasteiger partial charge in [0.25, 0.3) is 0 Å². The normalized spacial score (nSPS) is 17.2. The summed E-state index contributed by atoms with van der Waals surface area (Å²) in [5.74, 6) is -2.06. The molecule has 0 amide bonds. The number of rotatable bonds is 5.